The molecule has 32 heavy (non-hydrogen) atoms. The Bertz CT molecular complexity index is 1340. The number of amides is 1. The number of carbonyl (C=O) groups is 1. The molecular weight excluding hydrogens is 472 g/mol. The minimum absolute atomic E-state index is 0.128. The van der Waals surface area contributed by atoms with Crippen LogP contribution in [0.4, 0.5) is 5.69 Å². The van der Waals surface area contributed by atoms with E-state index in [1.165, 1.54) is 10.6 Å². The molecule has 2 aromatic carbocycles. The van der Waals surface area contributed by atoms with Crippen LogP contribution in [0.2, 0.25) is 0 Å². The molecule has 0 unspecified atom stereocenters. The molecule has 0 aliphatic carbocycles. The number of hydrogen-bond acceptors (Lipinski definition) is 5. The standard InChI is InChI=1S/C24H21BrN4O3/c1-3-16-7-4-6-15(2)22(16)26-20(30)14-29-13-18(10-11-21(29)31)24-27-23(28-32-24)17-8-5-9-19(25)12-17/h4-13H,3,14H2,1-2H3,(H,26,30). The fraction of sp³-hybridized carbons (Fsp3) is 0.167. The van der Waals surface area contributed by atoms with Crippen LogP contribution in [0.3, 0.4) is 0 Å². The van der Waals surface area contributed by atoms with E-state index in [2.05, 4.69) is 31.4 Å². The van der Waals surface area contributed by atoms with Crippen LogP contribution in [0.15, 0.2) is 74.6 Å². The van der Waals surface area contributed by atoms with Gasteiger partial charge in [-0.3, -0.25) is 9.59 Å². The van der Waals surface area contributed by atoms with Gasteiger partial charge in [-0.05, 0) is 42.7 Å². The lowest BCUT2D eigenvalue weighted by atomic mass is 10.1. The molecule has 2 heterocycles. The summed E-state index contributed by atoms with van der Waals surface area (Å²) < 4.78 is 7.63. The molecule has 0 spiro atoms. The smallest absolute Gasteiger partial charge is 0.259 e. The van der Waals surface area contributed by atoms with Crippen molar-refractivity contribution < 1.29 is 9.32 Å². The van der Waals surface area contributed by atoms with Crippen LogP contribution in [-0.4, -0.2) is 20.6 Å². The number of aromatic nitrogens is 3. The van der Waals surface area contributed by atoms with Gasteiger partial charge in [-0.1, -0.05) is 58.3 Å². The highest BCUT2D eigenvalue weighted by Crippen LogP contribution is 2.24. The van der Waals surface area contributed by atoms with Crippen molar-refractivity contribution in [2.24, 2.45) is 0 Å². The second-order valence-corrected chi connectivity index (χ2v) is 8.24. The van der Waals surface area contributed by atoms with E-state index in [1.807, 2.05) is 56.3 Å². The summed E-state index contributed by atoms with van der Waals surface area (Å²) in [7, 11) is 0. The molecule has 2 aromatic heterocycles. The van der Waals surface area contributed by atoms with Crippen LogP contribution >= 0.6 is 15.9 Å². The number of benzene rings is 2. The second kappa shape index (κ2) is 9.32. The van der Waals surface area contributed by atoms with Gasteiger partial charge >= 0.3 is 0 Å². The fourth-order valence-corrected chi connectivity index (χ4v) is 3.80. The van der Waals surface area contributed by atoms with E-state index in [0.717, 1.165) is 33.3 Å². The van der Waals surface area contributed by atoms with E-state index in [9.17, 15) is 9.59 Å². The topological polar surface area (TPSA) is 90.0 Å². The van der Waals surface area contributed by atoms with Crippen molar-refractivity contribution in [1.82, 2.24) is 14.7 Å². The Morgan fingerprint density at radius 3 is 2.72 bits per heavy atom. The third kappa shape index (κ3) is 4.70. The number of pyridine rings is 1. The maximum Gasteiger partial charge on any atom is 0.259 e. The van der Waals surface area contributed by atoms with Gasteiger partial charge in [0, 0.05) is 28.0 Å². The molecule has 1 amide bonds. The zero-order valence-corrected chi connectivity index (χ0v) is 19.2. The van der Waals surface area contributed by atoms with Gasteiger partial charge in [0.1, 0.15) is 6.54 Å². The van der Waals surface area contributed by atoms with Crippen LogP contribution in [-0.2, 0) is 17.8 Å². The van der Waals surface area contributed by atoms with Crippen LogP contribution in [0.25, 0.3) is 22.8 Å². The summed E-state index contributed by atoms with van der Waals surface area (Å²) in [5, 5.41) is 6.97. The number of para-hydroxylation sites is 1. The summed E-state index contributed by atoms with van der Waals surface area (Å²) >= 11 is 3.43. The Kier molecular flexibility index (Phi) is 6.32. The average Bonchev–Trinajstić information content (AvgIpc) is 3.27. The van der Waals surface area contributed by atoms with E-state index < -0.39 is 0 Å². The largest absolute Gasteiger partial charge is 0.334 e. The molecule has 0 radical (unpaired) electrons. The van der Waals surface area contributed by atoms with Crippen LogP contribution < -0.4 is 10.9 Å². The first-order valence-corrected chi connectivity index (χ1v) is 10.9. The molecule has 0 atom stereocenters. The molecule has 8 heteroatoms. The first-order chi connectivity index (χ1) is 15.4. The molecule has 0 bridgehead atoms. The highest BCUT2D eigenvalue weighted by molar-refractivity contribution is 9.10. The Morgan fingerprint density at radius 1 is 1.12 bits per heavy atom. The van der Waals surface area contributed by atoms with Crippen molar-refractivity contribution in [3.8, 4) is 22.8 Å². The Labute approximate surface area is 193 Å². The lowest BCUT2D eigenvalue weighted by molar-refractivity contribution is -0.116. The Hall–Kier alpha value is -3.52. The van der Waals surface area contributed by atoms with Crippen LogP contribution in [0.1, 0.15) is 18.1 Å². The highest BCUT2D eigenvalue weighted by Gasteiger charge is 2.14. The van der Waals surface area contributed by atoms with Gasteiger partial charge < -0.3 is 14.4 Å². The van der Waals surface area contributed by atoms with Gasteiger partial charge in [0.15, 0.2) is 0 Å². The molecule has 1 N–H and O–H groups in total. The average molecular weight is 493 g/mol. The van der Waals surface area contributed by atoms with Gasteiger partial charge in [0.2, 0.25) is 11.7 Å². The summed E-state index contributed by atoms with van der Waals surface area (Å²) in [5.41, 5.74) is 3.87. The van der Waals surface area contributed by atoms with E-state index in [4.69, 9.17) is 4.52 Å². The van der Waals surface area contributed by atoms with E-state index in [0.29, 0.717) is 11.4 Å². The van der Waals surface area contributed by atoms with Crippen molar-refractivity contribution in [3.63, 3.8) is 0 Å². The van der Waals surface area contributed by atoms with Crippen molar-refractivity contribution in [1.29, 1.82) is 0 Å². The lowest BCUT2D eigenvalue weighted by Gasteiger charge is -2.13. The molecule has 4 rings (SSSR count). The fourth-order valence-electron chi connectivity index (χ4n) is 3.40. The predicted octanol–water partition coefficient (Wildman–Crippen LogP) is 4.84. The molecule has 7 nitrogen and oxygen atoms in total. The summed E-state index contributed by atoms with van der Waals surface area (Å²) in [4.78, 5) is 29.5. The molecule has 0 aliphatic heterocycles. The summed E-state index contributed by atoms with van der Waals surface area (Å²) in [6.07, 6.45) is 2.35. The molecule has 0 fully saturated rings. The van der Waals surface area contributed by atoms with E-state index in [1.54, 1.807) is 12.3 Å². The van der Waals surface area contributed by atoms with Crippen molar-refractivity contribution in [2.75, 3.05) is 5.32 Å². The molecule has 0 saturated heterocycles. The number of rotatable bonds is 6. The molecule has 4 aromatic rings. The second-order valence-electron chi connectivity index (χ2n) is 7.33. The lowest BCUT2D eigenvalue weighted by Crippen LogP contribution is -2.27. The van der Waals surface area contributed by atoms with Crippen molar-refractivity contribution in [3.05, 3.63) is 86.7 Å². The van der Waals surface area contributed by atoms with Crippen molar-refractivity contribution >= 4 is 27.5 Å². The number of nitrogens with one attached hydrogen (secondary N) is 1. The molecule has 0 aliphatic rings. The zero-order chi connectivity index (χ0) is 22.7. The number of hydrogen-bond donors (Lipinski definition) is 1. The summed E-state index contributed by atoms with van der Waals surface area (Å²) in [5.74, 6) is 0.415. The van der Waals surface area contributed by atoms with Crippen LogP contribution in [0.5, 0.6) is 0 Å². The monoisotopic (exact) mass is 492 g/mol. The SMILES string of the molecule is CCc1cccc(C)c1NC(=O)Cn1cc(-c2nc(-c3cccc(Br)c3)no2)ccc1=O. The zero-order valence-electron chi connectivity index (χ0n) is 17.6. The minimum atomic E-state index is -0.295. The first-order valence-electron chi connectivity index (χ1n) is 10.1. The van der Waals surface area contributed by atoms with Crippen molar-refractivity contribution in [2.45, 2.75) is 26.8 Å². The highest BCUT2D eigenvalue weighted by atomic mass is 79.9. The van der Waals surface area contributed by atoms with Gasteiger partial charge in [-0.25, -0.2) is 0 Å². The van der Waals surface area contributed by atoms with Gasteiger partial charge in [-0.15, -0.1) is 0 Å². The van der Waals surface area contributed by atoms with Gasteiger partial charge in [0.25, 0.3) is 11.4 Å². The number of anilines is 1. The molecular formula is C24H21BrN4O3. The minimum Gasteiger partial charge on any atom is -0.334 e. The Morgan fingerprint density at radius 2 is 1.94 bits per heavy atom. The maximum atomic E-state index is 12.7. The molecule has 162 valence electrons. The quantitative estimate of drug-likeness (QED) is 0.415. The first kappa shape index (κ1) is 21.7. The van der Waals surface area contributed by atoms with Crippen LogP contribution in [0, 0.1) is 6.92 Å². The number of carbonyl (C=O) groups excluding carboxylic acids is 1. The number of halogens is 1. The van der Waals surface area contributed by atoms with Gasteiger partial charge in [0.05, 0.1) is 5.56 Å². The summed E-state index contributed by atoms with van der Waals surface area (Å²) in [6, 6.07) is 16.4. The van der Waals surface area contributed by atoms with E-state index >= 15 is 0 Å². The third-order valence-electron chi connectivity index (χ3n) is 5.06. The summed E-state index contributed by atoms with van der Waals surface area (Å²) in [6.45, 7) is 3.85. The maximum absolute atomic E-state index is 12.7. The normalized spacial score (nSPS) is 10.8. The third-order valence-corrected chi connectivity index (χ3v) is 5.55. The van der Waals surface area contributed by atoms with E-state index in [-0.39, 0.29) is 23.9 Å². The number of aryl methyl sites for hydroxylation is 2. The predicted molar refractivity (Wildman–Crippen MR) is 126 cm³/mol. The Balaban J connectivity index is 1.56. The molecule has 0 saturated carbocycles. The van der Waals surface area contributed by atoms with Gasteiger partial charge in [-0.2, -0.15) is 4.98 Å². The number of nitrogens with zero attached hydrogens (tertiary/aromatic N) is 3.